The van der Waals surface area contributed by atoms with Gasteiger partial charge in [0.05, 0.1) is 0 Å². The van der Waals surface area contributed by atoms with Gasteiger partial charge in [0.15, 0.2) is 5.96 Å². The second-order valence-corrected chi connectivity index (χ2v) is 8.72. The number of likely N-dealkylation sites (tertiary alicyclic amines) is 1. The summed E-state index contributed by atoms with van der Waals surface area (Å²) in [6, 6.07) is 11.1. The Morgan fingerprint density at radius 2 is 1.93 bits per heavy atom. The maximum absolute atomic E-state index is 12.7. The van der Waals surface area contributed by atoms with E-state index >= 15 is 0 Å². The van der Waals surface area contributed by atoms with Crippen LogP contribution in [0.1, 0.15) is 56.4 Å². The van der Waals surface area contributed by atoms with Gasteiger partial charge in [-0.15, -0.1) is 0 Å². The molecule has 0 aromatic heterocycles. The van der Waals surface area contributed by atoms with Crippen molar-refractivity contribution >= 4 is 11.9 Å². The molecule has 0 spiro atoms. The van der Waals surface area contributed by atoms with Crippen LogP contribution in [-0.2, 0) is 4.79 Å². The van der Waals surface area contributed by atoms with Gasteiger partial charge in [0.2, 0.25) is 5.91 Å². The standard InChI is InChI=1S/C23H34N4O/c1-24-23(25-15-19-14-21(19)17-8-4-2-5-9-17)26-20-12-13-27(16-20)22(28)18-10-6-3-7-11-18/h2,4-5,8-9,18-21H,3,6-7,10-16H2,1H3,(H2,24,25,26). The fourth-order valence-electron chi connectivity index (χ4n) is 4.88. The van der Waals surface area contributed by atoms with Crippen LogP contribution in [0.5, 0.6) is 0 Å². The van der Waals surface area contributed by atoms with Crippen molar-refractivity contribution in [1.29, 1.82) is 0 Å². The van der Waals surface area contributed by atoms with Gasteiger partial charge in [-0.05, 0) is 43.1 Å². The number of guanidine groups is 1. The molecule has 0 bridgehead atoms. The van der Waals surface area contributed by atoms with E-state index in [2.05, 4.69) is 50.9 Å². The molecule has 1 saturated heterocycles. The molecule has 3 atom stereocenters. The number of benzene rings is 1. The number of carbonyl (C=O) groups excluding carboxylic acids is 1. The van der Waals surface area contributed by atoms with Gasteiger partial charge >= 0.3 is 0 Å². The number of aliphatic imine (C=N–C) groups is 1. The van der Waals surface area contributed by atoms with E-state index in [0.29, 0.717) is 23.8 Å². The average molecular weight is 383 g/mol. The molecule has 152 valence electrons. The topological polar surface area (TPSA) is 56.7 Å². The van der Waals surface area contributed by atoms with Crippen LogP contribution < -0.4 is 10.6 Å². The van der Waals surface area contributed by atoms with E-state index in [4.69, 9.17) is 0 Å². The molecule has 5 nitrogen and oxygen atoms in total. The van der Waals surface area contributed by atoms with Crippen molar-refractivity contribution in [2.24, 2.45) is 16.8 Å². The molecular formula is C23H34N4O. The summed E-state index contributed by atoms with van der Waals surface area (Å²) >= 11 is 0. The third-order valence-corrected chi connectivity index (χ3v) is 6.70. The van der Waals surface area contributed by atoms with Crippen LogP contribution in [0.25, 0.3) is 0 Å². The predicted molar refractivity (Wildman–Crippen MR) is 113 cm³/mol. The summed E-state index contributed by atoms with van der Waals surface area (Å²) in [6.45, 7) is 2.64. The lowest BCUT2D eigenvalue weighted by atomic mass is 9.88. The summed E-state index contributed by atoms with van der Waals surface area (Å²) in [5.41, 5.74) is 1.45. The Hall–Kier alpha value is -2.04. The number of carbonyl (C=O) groups is 1. The smallest absolute Gasteiger partial charge is 0.225 e. The first-order valence-electron chi connectivity index (χ1n) is 11.1. The van der Waals surface area contributed by atoms with Gasteiger partial charge in [0.1, 0.15) is 0 Å². The van der Waals surface area contributed by atoms with Crippen LogP contribution in [0.2, 0.25) is 0 Å². The minimum atomic E-state index is 0.273. The van der Waals surface area contributed by atoms with Crippen molar-refractivity contribution in [2.45, 2.75) is 56.9 Å². The van der Waals surface area contributed by atoms with Crippen molar-refractivity contribution in [3.8, 4) is 0 Å². The summed E-state index contributed by atoms with van der Waals surface area (Å²) in [7, 11) is 1.83. The molecule has 1 heterocycles. The van der Waals surface area contributed by atoms with E-state index in [0.717, 1.165) is 44.9 Å². The van der Waals surface area contributed by atoms with Crippen molar-refractivity contribution in [1.82, 2.24) is 15.5 Å². The molecular weight excluding hydrogens is 348 g/mol. The van der Waals surface area contributed by atoms with Gasteiger partial charge in [0, 0.05) is 38.6 Å². The summed E-state index contributed by atoms with van der Waals surface area (Å²) in [5.74, 6) is 2.90. The van der Waals surface area contributed by atoms with Gasteiger partial charge in [-0.1, -0.05) is 49.6 Å². The van der Waals surface area contributed by atoms with Crippen molar-refractivity contribution in [2.75, 3.05) is 26.7 Å². The average Bonchev–Trinajstić information content (AvgIpc) is 3.39. The van der Waals surface area contributed by atoms with E-state index in [1.54, 1.807) is 0 Å². The highest BCUT2D eigenvalue weighted by atomic mass is 16.2. The molecule has 1 aromatic rings. The number of nitrogens with zero attached hydrogens (tertiary/aromatic N) is 2. The Bertz CT molecular complexity index is 683. The van der Waals surface area contributed by atoms with Gasteiger partial charge in [-0.2, -0.15) is 0 Å². The van der Waals surface area contributed by atoms with Crippen molar-refractivity contribution < 1.29 is 4.79 Å². The molecule has 1 aromatic carbocycles. The normalized spacial score (nSPS) is 28.2. The quantitative estimate of drug-likeness (QED) is 0.608. The van der Waals surface area contributed by atoms with Crippen LogP contribution in [-0.4, -0.2) is 49.5 Å². The van der Waals surface area contributed by atoms with Crippen LogP contribution in [0.15, 0.2) is 35.3 Å². The van der Waals surface area contributed by atoms with E-state index in [1.807, 2.05) is 7.05 Å². The molecule has 28 heavy (non-hydrogen) atoms. The Morgan fingerprint density at radius 3 is 2.68 bits per heavy atom. The number of hydrogen-bond donors (Lipinski definition) is 2. The van der Waals surface area contributed by atoms with Gasteiger partial charge in [-0.25, -0.2) is 0 Å². The van der Waals surface area contributed by atoms with Crippen LogP contribution in [0.4, 0.5) is 0 Å². The van der Waals surface area contributed by atoms with Crippen molar-refractivity contribution in [3.63, 3.8) is 0 Å². The third-order valence-electron chi connectivity index (χ3n) is 6.70. The Morgan fingerprint density at radius 1 is 1.14 bits per heavy atom. The summed E-state index contributed by atoms with van der Waals surface area (Å²) in [6.07, 6.45) is 8.15. The summed E-state index contributed by atoms with van der Waals surface area (Å²) < 4.78 is 0. The molecule has 5 heteroatoms. The minimum absolute atomic E-state index is 0.273. The summed E-state index contributed by atoms with van der Waals surface area (Å²) in [5, 5.41) is 7.04. The van der Waals surface area contributed by atoms with E-state index in [-0.39, 0.29) is 5.92 Å². The Balaban J connectivity index is 1.20. The molecule has 0 radical (unpaired) electrons. The zero-order chi connectivity index (χ0) is 19.3. The maximum atomic E-state index is 12.7. The molecule has 3 aliphatic rings. The molecule has 2 saturated carbocycles. The second kappa shape index (κ2) is 8.97. The Kier molecular flexibility index (Phi) is 6.18. The molecule has 3 fully saturated rings. The van der Waals surface area contributed by atoms with E-state index < -0.39 is 0 Å². The van der Waals surface area contributed by atoms with E-state index in [9.17, 15) is 4.79 Å². The first-order valence-corrected chi connectivity index (χ1v) is 11.1. The molecule has 2 N–H and O–H groups in total. The van der Waals surface area contributed by atoms with Crippen LogP contribution in [0.3, 0.4) is 0 Å². The number of hydrogen-bond acceptors (Lipinski definition) is 2. The van der Waals surface area contributed by atoms with E-state index in [1.165, 1.54) is 31.2 Å². The molecule has 1 amide bonds. The number of amides is 1. The maximum Gasteiger partial charge on any atom is 0.225 e. The third kappa shape index (κ3) is 4.68. The predicted octanol–water partition coefficient (Wildman–Crippen LogP) is 3.14. The lowest BCUT2D eigenvalue weighted by Gasteiger charge is -2.26. The highest BCUT2D eigenvalue weighted by molar-refractivity contribution is 5.81. The minimum Gasteiger partial charge on any atom is -0.356 e. The lowest BCUT2D eigenvalue weighted by Crippen LogP contribution is -2.46. The SMILES string of the molecule is CN=C(NCC1CC1c1ccccc1)NC1CCN(C(=O)C2CCCCC2)C1. The fourth-order valence-corrected chi connectivity index (χ4v) is 4.88. The zero-order valence-corrected chi connectivity index (χ0v) is 17.1. The molecule has 3 unspecified atom stereocenters. The van der Waals surface area contributed by atoms with Crippen LogP contribution >= 0.6 is 0 Å². The fraction of sp³-hybridized carbons (Fsp3) is 0.652. The second-order valence-electron chi connectivity index (χ2n) is 8.72. The number of rotatable bonds is 5. The highest BCUT2D eigenvalue weighted by Gasteiger charge is 2.38. The number of nitrogens with one attached hydrogen (secondary N) is 2. The largest absolute Gasteiger partial charge is 0.356 e. The molecule has 1 aliphatic heterocycles. The lowest BCUT2D eigenvalue weighted by molar-refractivity contribution is -0.135. The first-order chi connectivity index (χ1) is 13.7. The monoisotopic (exact) mass is 382 g/mol. The molecule has 4 rings (SSSR count). The van der Waals surface area contributed by atoms with Crippen molar-refractivity contribution in [3.05, 3.63) is 35.9 Å². The highest BCUT2D eigenvalue weighted by Crippen LogP contribution is 2.46. The molecule has 2 aliphatic carbocycles. The summed E-state index contributed by atoms with van der Waals surface area (Å²) in [4.78, 5) is 19.2. The first kappa shape index (κ1) is 19.3. The van der Waals surface area contributed by atoms with Gasteiger partial charge < -0.3 is 15.5 Å². The zero-order valence-electron chi connectivity index (χ0n) is 17.1. The van der Waals surface area contributed by atoms with Crippen LogP contribution in [0, 0.1) is 11.8 Å². The Labute approximate surface area is 169 Å². The van der Waals surface area contributed by atoms with Gasteiger partial charge in [-0.3, -0.25) is 9.79 Å². The van der Waals surface area contributed by atoms with Gasteiger partial charge in [0.25, 0.3) is 0 Å².